The monoisotopic (exact) mass is 438 g/mol. The van der Waals surface area contributed by atoms with Crippen LogP contribution < -0.4 is 14.4 Å². The highest BCUT2D eigenvalue weighted by Crippen LogP contribution is 2.35. The van der Waals surface area contributed by atoms with Crippen LogP contribution in [0.1, 0.15) is 37.8 Å². The minimum atomic E-state index is -3.81. The Hall–Kier alpha value is -2.25. The van der Waals surface area contributed by atoms with Gasteiger partial charge in [-0.3, -0.25) is 9.10 Å². The molecule has 2 rings (SSSR count). The Bertz CT molecular complexity index is 1010. The molecule has 0 aromatic heterocycles. The standard InChI is InChI=1S/C21H27ClN2O4S/c1-13(2)17-9-7-8-14(3)20(17)23-21(25)15(4)24(29(6,26)27)18-12-16(22)10-11-19(18)28-5/h7-13,15H,1-6H3,(H,23,25)/t15-/m0/s1. The molecule has 0 fully saturated rings. The number of hydrogen-bond acceptors (Lipinski definition) is 4. The molecule has 0 aliphatic rings. The largest absolute Gasteiger partial charge is 0.495 e. The van der Waals surface area contributed by atoms with E-state index in [0.717, 1.165) is 21.7 Å². The Morgan fingerprint density at radius 2 is 1.83 bits per heavy atom. The number of hydrogen-bond donors (Lipinski definition) is 1. The second kappa shape index (κ2) is 9.05. The summed E-state index contributed by atoms with van der Waals surface area (Å²) in [5.74, 6) is 0.0476. The molecule has 2 aromatic rings. The summed E-state index contributed by atoms with van der Waals surface area (Å²) in [7, 11) is -2.38. The molecule has 0 aliphatic heterocycles. The predicted molar refractivity (Wildman–Crippen MR) is 119 cm³/mol. The van der Waals surface area contributed by atoms with Crippen LogP contribution in [-0.2, 0) is 14.8 Å². The number of nitrogens with one attached hydrogen (secondary N) is 1. The quantitative estimate of drug-likeness (QED) is 0.686. The lowest BCUT2D eigenvalue weighted by Gasteiger charge is -2.30. The number of sulfonamides is 1. The zero-order chi connectivity index (χ0) is 21.9. The Balaban J connectivity index is 2.49. The molecular weight excluding hydrogens is 412 g/mol. The molecule has 0 saturated heterocycles. The van der Waals surface area contributed by atoms with Crippen molar-refractivity contribution in [3.63, 3.8) is 0 Å². The highest BCUT2D eigenvalue weighted by molar-refractivity contribution is 7.92. The number of carbonyl (C=O) groups excluding carboxylic acids is 1. The first-order valence-corrected chi connectivity index (χ1v) is 11.4. The smallest absolute Gasteiger partial charge is 0.248 e. The van der Waals surface area contributed by atoms with Gasteiger partial charge in [-0.1, -0.05) is 43.6 Å². The maximum atomic E-state index is 13.1. The van der Waals surface area contributed by atoms with Gasteiger partial charge in [0.2, 0.25) is 15.9 Å². The first kappa shape index (κ1) is 23.0. The highest BCUT2D eigenvalue weighted by atomic mass is 35.5. The second-order valence-electron chi connectivity index (χ2n) is 7.23. The summed E-state index contributed by atoms with van der Waals surface area (Å²) in [6, 6.07) is 9.39. The van der Waals surface area contributed by atoms with Crippen LogP contribution in [0.5, 0.6) is 5.75 Å². The van der Waals surface area contributed by atoms with Gasteiger partial charge in [0.15, 0.2) is 0 Å². The van der Waals surface area contributed by atoms with Crippen molar-refractivity contribution in [2.75, 3.05) is 23.0 Å². The summed E-state index contributed by atoms with van der Waals surface area (Å²) < 4.78 is 31.5. The molecule has 0 radical (unpaired) electrons. The average Bonchev–Trinajstić information content (AvgIpc) is 2.62. The lowest BCUT2D eigenvalue weighted by atomic mass is 9.98. The molecule has 1 amide bonds. The minimum absolute atomic E-state index is 0.194. The molecule has 6 nitrogen and oxygen atoms in total. The zero-order valence-corrected chi connectivity index (χ0v) is 19.1. The van der Waals surface area contributed by atoms with Gasteiger partial charge in [0.25, 0.3) is 0 Å². The normalized spacial score (nSPS) is 12.6. The number of para-hydroxylation sites is 1. The molecule has 0 heterocycles. The molecule has 2 aromatic carbocycles. The maximum Gasteiger partial charge on any atom is 0.248 e. The van der Waals surface area contributed by atoms with Crippen LogP contribution >= 0.6 is 11.6 Å². The molecular formula is C21H27ClN2O4S. The van der Waals surface area contributed by atoms with Gasteiger partial charge in [0, 0.05) is 10.7 Å². The van der Waals surface area contributed by atoms with Crippen molar-refractivity contribution in [2.45, 2.75) is 39.7 Å². The van der Waals surface area contributed by atoms with Crippen molar-refractivity contribution in [3.05, 3.63) is 52.5 Å². The Kier molecular flexibility index (Phi) is 7.19. The fraction of sp³-hybridized carbons (Fsp3) is 0.381. The van der Waals surface area contributed by atoms with E-state index in [1.807, 2.05) is 39.0 Å². The van der Waals surface area contributed by atoms with Crippen LogP contribution in [0, 0.1) is 6.92 Å². The summed E-state index contributed by atoms with van der Waals surface area (Å²) in [5, 5.41) is 3.25. The lowest BCUT2D eigenvalue weighted by Crippen LogP contribution is -2.45. The number of anilines is 2. The van der Waals surface area contributed by atoms with Crippen molar-refractivity contribution < 1.29 is 17.9 Å². The molecule has 29 heavy (non-hydrogen) atoms. The predicted octanol–water partition coefficient (Wildman–Crippen LogP) is 4.57. The van der Waals surface area contributed by atoms with Gasteiger partial charge in [-0.05, 0) is 49.1 Å². The number of ether oxygens (including phenoxy) is 1. The number of nitrogens with zero attached hydrogens (tertiary/aromatic N) is 1. The average molecular weight is 439 g/mol. The molecule has 0 saturated carbocycles. The van der Waals surface area contributed by atoms with E-state index in [4.69, 9.17) is 16.3 Å². The summed E-state index contributed by atoms with van der Waals surface area (Å²) in [6.07, 6.45) is 1.05. The lowest BCUT2D eigenvalue weighted by molar-refractivity contribution is -0.116. The Morgan fingerprint density at radius 3 is 2.38 bits per heavy atom. The van der Waals surface area contributed by atoms with E-state index >= 15 is 0 Å². The van der Waals surface area contributed by atoms with Crippen LogP contribution in [0.2, 0.25) is 5.02 Å². The van der Waals surface area contributed by atoms with Gasteiger partial charge in [-0.15, -0.1) is 0 Å². The molecule has 0 aliphatic carbocycles. The third-order valence-corrected chi connectivity index (χ3v) is 6.10. The zero-order valence-electron chi connectivity index (χ0n) is 17.5. The molecule has 0 unspecified atom stereocenters. The first-order valence-electron chi connectivity index (χ1n) is 9.20. The summed E-state index contributed by atoms with van der Waals surface area (Å²) >= 11 is 6.08. The molecule has 158 valence electrons. The van der Waals surface area contributed by atoms with Crippen molar-refractivity contribution >= 4 is 38.9 Å². The van der Waals surface area contributed by atoms with E-state index < -0.39 is 22.0 Å². The second-order valence-corrected chi connectivity index (χ2v) is 9.53. The fourth-order valence-electron chi connectivity index (χ4n) is 3.19. The van der Waals surface area contributed by atoms with E-state index in [0.29, 0.717) is 16.5 Å². The van der Waals surface area contributed by atoms with Crippen LogP contribution in [0.4, 0.5) is 11.4 Å². The van der Waals surface area contributed by atoms with Crippen LogP contribution in [0.25, 0.3) is 0 Å². The van der Waals surface area contributed by atoms with E-state index in [2.05, 4.69) is 5.32 Å². The summed E-state index contributed by atoms with van der Waals surface area (Å²) in [5.41, 5.74) is 2.80. The third kappa shape index (κ3) is 5.22. The van der Waals surface area contributed by atoms with Crippen LogP contribution in [0.15, 0.2) is 36.4 Å². The molecule has 1 atom stereocenters. The Morgan fingerprint density at radius 1 is 1.17 bits per heavy atom. The number of carbonyl (C=O) groups is 1. The van der Waals surface area contributed by atoms with Gasteiger partial charge >= 0.3 is 0 Å². The minimum Gasteiger partial charge on any atom is -0.495 e. The van der Waals surface area contributed by atoms with Crippen molar-refractivity contribution in [2.24, 2.45) is 0 Å². The maximum absolute atomic E-state index is 13.1. The molecule has 1 N–H and O–H groups in total. The summed E-state index contributed by atoms with van der Waals surface area (Å²) in [6.45, 7) is 7.51. The number of benzene rings is 2. The van der Waals surface area contributed by atoms with Crippen LogP contribution in [-0.4, -0.2) is 33.7 Å². The van der Waals surface area contributed by atoms with Gasteiger partial charge in [0.05, 0.1) is 19.1 Å². The first-order chi connectivity index (χ1) is 13.5. The van der Waals surface area contributed by atoms with Crippen LogP contribution in [0.3, 0.4) is 0 Å². The number of amides is 1. The third-order valence-electron chi connectivity index (χ3n) is 4.64. The van der Waals surface area contributed by atoms with Gasteiger partial charge in [0.1, 0.15) is 11.8 Å². The van der Waals surface area contributed by atoms with Crippen molar-refractivity contribution in [1.82, 2.24) is 0 Å². The fourth-order valence-corrected chi connectivity index (χ4v) is 4.52. The van der Waals surface area contributed by atoms with E-state index in [9.17, 15) is 13.2 Å². The van der Waals surface area contributed by atoms with Gasteiger partial charge in [-0.2, -0.15) is 0 Å². The number of aryl methyl sites for hydroxylation is 1. The highest BCUT2D eigenvalue weighted by Gasteiger charge is 2.32. The topological polar surface area (TPSA) is 75.7 Å². The van der Waals surface area contributed by atoms with E-state index in [1.54, 1.807) is 12.1 Å². The molecule has 0 bridgehead atoms. The number of rotatable bonds is 7. The van der Waals surface area contributed by atoms with Crippen molar-refractivity contribution in [3.8, 4) is 5.75 Å². The number of halogens is 1. The Labute approximate surface area is 177 Å². The SMILES string of the molecule is COc1ccc(Cl)cc1N([C@@H](C)C(=O)Nc1c(C)cccc1C(C)C)S(C)(=O)=O. The van der Waals surface area contributed by atoms with Gasteiger partial charge < -0.3 is 10.1 Å². The summed E-state index contributed by atoms with van der Waals surface area (Å²) in [4.78, 5) is 13.1. The molecule has 8 heteroatoms. The van der Waals surface area contributed by atoms with Crippen molar-refractivity contribution in [1.29, 1.82) is 0 Å². The number of methoxy groups -OCH3 is 1. The van der Waals surface area contributed by atoms with Gasteiger partial charge in [-0.25, -0.2) is 8.42 Å². The molecule has 0 spiro atoms. The van der Waals surface area contributed by atoms with E-state index in [-0.39, 0.29) is 11.6 Å². The van der Waals surface area contributed by atoms with E-state index in [1.165, 1.54) is 20.1 Å².